The summed E-state index contributed by atoms with van der Waals surface area (Å²) in [6.45, 7) is 6.55. The number of aryl methyl sites for hydroxylation is 1. The van der Waals surface area contributed by atoms with Crippen molar-refractivity contribution in [3.63, 3.8) is 0 Å². The summed E-state index contributed by atoms with van der Waals surface area (Å²) >= 11 is 1.76. The fourth-order valence-electron chi connectivity index (χ4n) is 1.21. The summed E-state index contributed by atoms with van der Waals surface area (Å²) in [6, 6.07) is 0. The number of nitrogens with one attached hydrogen (secondary N) is 1. The van der Waals surface area contributed by atoms with Crippen LogP contribution in [-0.4, -0.2) is 33.1 Å². The Morgan fingerprint density at radius 1 is 1.60 bits per heavy atom. The lowest BCUT2D eigenvalue weighted by Gasteiger charge is -2.10. The standard InChI is InChI=1S/C10H20N4S/c1-4-5-6-11-7-9(2)15-10-13-12-8-14(10)3/h8-9,11H,4-7H2,1-3H3. The largest absolute Gasteiger partial charge is 0.316 e. The predicted octanol–water partition coefficient (Wildman–Crippen LogP) is 1.69. The molecule has 0 aliphatic rings. The first kappa shape index (κ1) is 12.5. The minimum atomic E-state index is 0.532. The third-order valence-corrected chi connectivity index (χ3v) is 3.26. The molecule has 0 aliphatic carbocycles. The molecule has 1 atom stereocenters. The van der Waals surface area contributed by atoms with Crippen molar-refractivity contribution in [3.8, 4) is 0 Å². The van der Waals surface area contributed by atoms with E-state index < -0.39 is 0 Å². The van der Waals surface area contributed by atoms with E-state index in [1.54, 1.807) is 18.1 Å². The average Bonchev–Trinajstić information content (AvgIpc) is 2.59. The SMILES string of the molecule is CCCCNCC(C)Sc1nncn1C. The van der Waals surface area contributed by atoms with E-state index in [1.165, 1.54) is 12.8 Å². The first-order valence-electron chi connectivity index (χ1n) is 5.45. The lowest BCUT2D eigenvalue weighted by atomic mass is 10.3. The van der Waals surface area contributed by atoms with Crippen LogP contribution in [0.1, 0.15) is 26.7 Å². The molecule has 15 heavy (non-hydrogen) atoms. The number of thioether (sulfide) groups is 1. The van der Waals surface area contributed by atoms with Gasteiger partial charge in [0.05, 0.1) is 0 Å². The number of hydrogen-bond donors (Lipinski definition) is 1. The van der Waals surface area contributed by atoms with Crippen LogP contribution in [0.5, 0.6) is 0 Å². The highest BCUT2D eigenvalue weighted by Crippen LogP contribution is 2.18. The molecule has 1 heterocycles. The van der Waals surface area contributed by atoms with E-state index in [4.69, 9.17) is 0 Å². The van der Waals surface area contributed by atoms with Crippen LogP contribution >= 0.6 is 11.8 Å². The quantitative estimate of drug-likeness (QED) is 0.569. The molecule has 0 bridgehead atoms. The maximum absolute atomic E-state index is 4.05. The Bertz CT molecular complexity index is 274. The number of unbranched alkanes of at least 4 members (excludes halogenated alkanes) is 1. The van der Waals surface area contributed by atoms with Crippen LogP contribution in [0.25, 0.3) is 0 Å². The molecule has 0 aromatic carbocycles. The molecule has 1 rings (SSSR count). The van der Waals surface area contributed by atoms with Crippen LogP contribution in [-0.2, 0) is 7.05 Å². The van der Waals surface area contributed by atoms with Crippen LogP contribution in [0.2, 0.25) is 0 Å². The number of rotatable bonds is 7. The molecule has 1 N–H and O–H groups in total. The van der Waals surface area contributed by atoms with E-state index in [1.807, 2.05) is 11.6 Å². The van der Waals surface area contributed by atoms with Gasteiger partial charge >= 0.3 is 0 Å². The van der Waals surface area contributed by atoms with Gasteiger partial charge in [-0.3, -0.25) is 0 Å². The molecule has 0 spiro atoms. The minimum Gasteiger partial charge on any atom is -0.316 e. The van der Waals surface area contributed by atoms with E-state index in [2.05, 4.69) is 29.4 Å². The minimum absolute atomic E-state index is 0.532. The Kier molecular flexibility index (Phi) is 5.71. The molecule has 1 aromatic rings. The van der Waals surface area contributed by atoms with Crippen LogP contribution in [0.15, 0.2) is 11.5 Å². The van der Waals surface area contributed by atoms with E-state index in [0.717, 1.165) is 18.2 Å². The molecule has 0 saturated carbocycles. The van der Waals surface area contributed by atoms with Crippen molar-refractivity contribution in [1.29, 1.82) is 0 Å². The van der Waals surface area contributed by atoms with E-state index in [0.29, 0.717) is 5.25 Å². The van der Waals surface area contributed by atoms with E-state index >= 15 is 0 Å². The number of hydrogen-bond acceptors (Lipinski definition) is 4. The normalized spacial score (nSPS) is 13.0. The zero-order valence-electron chi connectivity index (χ0n) is 9.73. The van der Waals surface area contributed by atoms with Crippen LogP contribution in [0.3, 0.4) is 0 Å². The van der Waals surface area contributed by atoms with Gasteiger partial charge in [0, 0.05) is 18.8 Å². The molecule has 0 aliphatic heterocycles. The van der Waals surface area contributed by atoms with Gasteiger partial charge in [0.25, 0.3) is 0 Å². The Morgan fingerprint density at radius 2 is 2.40 bits per heavy atom. The van der Waals surface area contributed by atoms with Crippen molar-refractivity contribution >= 4 is 11.8 Å². The molecule has 1 unspecified atom stereocenters. The molecular weight excluding hydrogens is 208 g/mol. The highest BCUT2D eigenvalue weighted by atomic mass is 32.2. The highest BCUT2D eigenvalue weighted by Gasteiger charge is 2.07. The van der Waals surface area contributed by atoms with E-state index in [-0.39, 0.29) is 0 Å². The Balaban J connectivity index is 2.18. The molecule has 4 nitrogen and oxygen atoms in total. The summed E-state index contributed by atoms with van der Waals surface area (Å²) in [5, 5.41) is 12.9. The van der Waals surface area contributed by atoms with Crippen molar-refractivity contribution in [2.75, 3.05) is 13.1 Å². The van der Waals surface area contributed by atoms with Crippen molar-refractivity contribution in [2.45, 2.75) is 37.1 Å². The maximum atomic E-state index is 4.05. The third-order valence-electron chi connectivity index (χ3n) is 2.12. The van der Waals surface area contributed by atoms with Crippen molar-refractivity contribution in [2.24, 2.45) is 7.05 Å². The molecule has 0 fully saturated rings. The fraction of sp³-hybridized carbons (Fsp3) is 0.800. The summed E-state index contributed by atoms with van der Waals surface area (Å²) in [5.41, 5.74) is 0. The lowest BCUT2D eigenvalue weighted by molar-refractivity contribution is 0.637. The molecule has 5 heteroatoms. The average molecular weight is 228 g/mol. The second-order valence-corrected chi connectivity index (χ2v) is 5.12. The predicted molar refractivity (Wildman–Crippen MR) is 64.1 cm³/mol. The summed E-state index contributed by atoms with van der Waals surface area (Å²) < 4.78 is 1.95. The second-order valence-electron chi connectivity index (χ2n) is 3.71. The second kappa shape index (κ2) is 6.85. The smallest absolute Gasteiger partial charge is 0.191 e. The van der Waals surface area contributed by atoms with Crippen LogP contribution in [0.4, 0.5) is 0 Å². The maximum Gasteiger partial charge on any atom is 0.191 e. The molecule has 0 amide bonds. The van der Waals surface area contributed by atoms with Gasteiger partial charge in [-0.25, -0.2) is 0 Å². The summed E-state index contributed by atoms with van der Waals surface area (Å²) in [6.07, 6.45) is 4.23. The van der Waals surface area contributed by atoms with Crippen molar-refractivity contribution < 1.29 is 0 Å². The number of aromatic nitrogens is 3. The summed E-state index contributed by atoms with van der Waals surface area (Å²) in [5.74, 6) is 0. The Hall–Kier alpha value is -0.550. The topological polar surface area (TPSA) is 42.7 Å². The molecular formula is C10H20N4S. The van der Waals surface area contributed by atoms with Gasteiger partial charge in [0.1, 0.15) is 6.33 Å². The van der Waals surface area contributed by atoms with Crippen molar-refractivity contribution in [3.05, 3.63) is 6.33 Å². The monoisotopic (exact) mass is 228 g/mol. The van der Waals surface area contributed by atoms with E-state index in [9.17, 15) is 0 Å². The van der Waals surface area contributed by atoms with Gasteiger partial charge in [-0.15, -0.1) is 10.2 Å². The van der Waals surface area contributed by atoms with Gasteiger partial charge in [0.2, 0.25) is 0 Å². The van der Waals surface area contributed by atoms with Gasteiger partial charge in [0.15, 0.2) is 5.16 Å². The zero-order chi connectivity index (χ0) is 11.1. The van der Waals surface area contributed by atoms with Gasteiger partial charge < -0.3 is 9.88 Å². The third kappa shape index (κ3) is 4.66. The lowest BCUT2D eigenvalue weighted by Crippen LogP contribution is -2.23. The van der Waals surface area contributed by atoms with Gasteiger partial charge in [-0.05, 0) is 13.0 Å². The molecule has 1 aromatic heterocycles. The van der Waals surface area contributed by atoms with Gasteiger partial charge in [-0.1, -0.05) is 32.0 Å². The highest BCUT2D eigenvalue weighted by molar-refractivity contribution is 7.99. The molecule has 0 saturated heterocycles. The fourth-order valence-corrected chi connectivity index (χ4v) is 2.08. The first-order chi connectivity index (χ1) is 7.24. The Labute approximate surface area is 95.9 Å². The summed E-state index contributed by atoms with van der Waals surface area (Å²) in [7, 11) is 1.97. The molecule has 86 valence electrons. The summed E-state index contributed by atoms with van der Waals surface area (Å²) in [4.78, 5) is 0. The van der Waals surface area contributed by atoms with Gasteiger partial charge in [-0.2, -0.15) is 0 Å². The molecule has 0 radical (unpaired) electrons. The first-order valence-corrected chi connectivity index (χ1v) is 6.33. The number of nitrogens with zero attached hydrogens (tertiary/aromatic N) is 3. The Morgan fingerprint density at radius 3 is 3.00 bits per heavy atom. The van der Waals surface area contributed by atoms with Crippen LogP contribution < -0.4 is 5.32 Å². The van der Waals surface area contributed by atoms with Crippen molar-refractivity contribution in [1.82, 2.24) is 20.1 Å². The van der Waals surface area contributed by atoms with Crippen LogP contribution in [0, 0.1) is 0 Å². The zero-order valence-corrected chi connectivity index (χ0v) is 10.5.